The highest BCUT2D eigenvalue weighted by Crippen LogP contribution is 2.25. The minimum atomic E-state index is -0.756. The summed E-state index contributed by atoms with van der Waals surface area (Å²) in [6.07, 6.45) is 2.37. The van der Waals surface area contributed by atoms with Gasteiger partial charge in [0, 0.05) is 39.4 Å². The first-order chi connectivity index (χ1) is 11.6. The number of β-amino-alcohol motifs (C(OH)–C–C–N with tert-alkyl or cyclic N) is 1. The van der Waals surface area contributed by atoms with E-state index in [1.807, 2.05) is 30.1 Å². The predicted molar refractivity (Wildman–Crippen MR) is 93.5 cm³/mol. The lowest BCUT2D eigenvalue weighted by atomic mass is 10.0. The van der Waals surface area contributed by atoms with Crippen molar-refractivity contribution < 1.29 is 5.11 Å². The molecule has 1 aliphatic rings. The average Bonchev–Trinajstić information content (AvgIpc) is 2.96. The fourth-order valence-corrected chi connectivity index (χ4v) is 3.27. The Labute approximate surface area is 142 Å². The van der Waals surface area contributed by atoms with Crippen molar-refractivity contribution in [2.45, 2.75) is 18.6 Å². The predicted octanol–water partition coefficient (Wildman–Crippen LogP) is 2.03. The maximum absolute atomic E-state index is 10.9. The topological polar surface area (TPSA) is 63.4 Å². The number of anilines is 1. The standard InChI is InChI=1S/C19H22N4O/c1-22(18-11-17(12-20)7-9-21-18)14-19(24)8-10-23(15-19)13-16-5-3-2-4-6-16/h2-7,9,11,24H,8,10,13-15H2,1H3. The third-order valence-corrected chi connectivity index (χ3v) is 4.46. The highest BCUT2D eigenvalue weighted by Gasteiger charge is 2.37. The molecule has 124 valence electrons. The molecule has 2 aromatic rings. The quantitative estimate of drug-likeness (QED) is 0.912. The van der Waals surface area contributed by atoms with E-state index >= 15 is 0 Å². The van der Waals surface area contributed by atoms with Crippen molar-refractivity contribution in [3.63, 3.8) is 0 Å². The summed E-state index contributed by atoms with van der Waals surface area (Å²) in [5.41, 5.74) is 1.09. The summed E-state index contributed by atoms with van der Waals surface area (Å²) < 4.78 is 0. The zero-order chi connectivity index (χ0) is 17.0. The second kappa shape index (κ2) is 7.00. The maximum atomic E-state index is 10.9. The molecule has 1 aromatic heterocycles. The molecule has 5 heteroatoms. The van der Waals surface area contributed by atoms with Gasteiger partial charge in [-0.15, -0.1) is 0 Å². The van der Waals surface area contributed by atoms with Crippen LogP contribution in [0.5, 0.6) is 0 Å². The summed E-state index contributed by atoms with van der Waals surface area (Å²) in [5.74, 6) is 0.712. The molecule has 5 nitrogen and oxygen atoms in total. The summed E-state index contributed by atoms with van der Waals surface area (Å²) >= 11 is 0. The molecule has 1 unspecified atom stereocenters. The summed E-state index contributed by atoms with van der Waals surface area (Å²) in [6, 6.07) is 15.9. The van der Waals surface area contributed by atoms with Gasteiger partial charge in [-0.05, 0) is 24.1 Å². The summed E-state index contributed by atoms with van der Waals surface area (Å²) in [4.78, 5) is 8.50. The van der Waals surface area contributed by atoms with Gasteiger partial charge >= 0.3 is 0 Å². The van der Waals surface area contributed by atoms with E-state index in [0.717, 1.165) is 19.5 Å². The summed E-state index contributed by atoms with van der Waals surface area (Å²) in [6.45, 7) is 2.88. The highest BCUT2D eigenvalue weighted by atomic mass is 16.3. The molecular weight excluding hydrogens is 300 g/mol. The van der Waals surface area contributed by atoms with E-state index in [1.165, 1.54) is 5.56 Å². The van der Waals surface area contributed by atoms with E-state index in [0.29, 0.717) is 24.5 Å². The van der Waals surface area contributed by atoms with Crippen LogP contribution in [0.2, 0.25) is 0 Å². The molecule has 0 bridgehead atoms. The second-order valence-electron chi connectivity index (χ2n) is 6.54. The maximum Gasteiger partial charge on any atom is 0.129 e. The first kappa shape index (κ1) is 16.4. The van der Waals surface area contributed by atoms with Gasteiger partial charge in [-0.2, -0.15) is 5.26 Å². The number of pyridine rings is 1. The molecule has 0 amide bonds. The van der Waals surface area contributed by atoms with E-state index < -0.39 is 5.60 Å². The van der Waals surface area contributed by atoms with Crippen molar-refractivity contribution in [3.05, 3.63) is 59.8 Å². The molecule has 1 fully saturated rings. The molecule has 0 radical (unpaired) electrons. The Morgan fingerprint density at radius 1 is 1.33 bits per heavy atom. The molecule has 1 N–H and O–H groups in total. The number of likely N-dealkylation sites (tertiary alicyclic amines) is 1. The van der Waals surface area contributed by atoms with E-state index in [4.69, 9.17) is 5.26 Å². The number of benzene rings is 1. The normalized spacial score (nSPS) is 20.7. The molecule has 24 heavy (non-hydrogen) atoms. The lowest BCUT2D eigenvalue weighted by Crippen LogP contribution is -2.44. The molecule has 1 aliphatic heterocycles. The first-order valence-corrected chi connectivity index (χ1v) is 8.14. The Kier molecular flexibility index (Phi) is 4.79. The summed E-state index contributed by atoms with van der Waals surface area (Å²) in [5, 5.41) is 19.9. The van der Waals surface area contributed by atoms with Crippen molar-refractivity contribution >= 4 is 5.82 Å². The number of rotatable bonds is 5. The van der Waals surface area contributed by atoms with Crippen LogP contribution in [0.25, 0.3) is 0 Å². The van der Waals surface area contributed by atoms with Crippen LogP contribution < -0.4 is 4.90 Å². The minimum absolute atomic E-state index is 0.500. The molecule has 2 heterocycles. The molecule has 1 atom stereocenters. The van der Waals surface area contributed by atoms with Gasteiger partial charge < -0.3 is 10.0 Å². The molecular formula is C19H22N4O. The van der Waals surface area contributed by atoms with Crippen molar-refractivity contribution in [3.8, 4) is 6.07 Å². The molecule has 0 aliphatic carbocycles. The van der Waals surface area contributed by atoms with Gasteiger partial charge in [-0.3, -0.25) is 4.90 Å². The summed E-state index contributed by atoms with van der Waals surface area (Å²) in [7, 11) is 1.90. The van der Waals surface area contributed by atoms with Crippen LogP contribution in [0.4, 0.5) is 5.82 Å². The van der Waals surface area contributed by atoms with Crippen LogP contribution in [0.1, 0.15) is 17.5 Å². The number of aromatic nitrogens is 1. The van der Waals surface area contributed by atoms with E-state index in [-0.39, 0.29) is 0 Å². The Hall–Kier alpha value is -2.42. The number of hydrogen-bond donors (Lipinski definition) is 1. The average molecular weight is 322 g/mol. The second-order valence-corrected chi connectivity index (χ2v) is 6.54. The van der Waals surface area contributed by atoms with E-state index in [2.05, 4.69) is 28.1 Å². The van der Waals surface area contributed by atoms with Crippen LogP contribution >= 0.6 is 0 Å². The third-order valence-electron chi connectivity index (χ3n) is 4.46. The lowest BCUT2D eigenvalue weighted by Gasteiger charge is -2.29. The lowest BCUT2D eigenvalue weighted by molar-refractivity contribution is 0.0561. The van der Waals surface area contributed by atoms with Gasteiger partial charge in [0.25, 0.3) is 0 Å². The van der Waals surface area contributed by atoms with Gasteiger partial charge in [-0.1, -0.05) is 30.3 Å². The number of aliphatic hydroxyl groups is 1. The van der Waals surface area contributed by atoms with Crippen molar-refractivity contribution in [2.24, 2.45) is 0 Å². The van der Waals surface area contributed by atoms with Crippen LogP contribution in [0.3, 0.4) is 0 Å². The molecule has 0 saturated carbocycles. The van der Waals surface area contributed by atoms with Gasteiger partial charge in [0.1, 0.15) is 5.82 Å². The SMILES string of the molecule is CN(CC1(O)CCN(Cc2ccccc2)C1)c1cc(C#N)ccn1. The van der Waals surface area contributed by atoms with Gasteiger partial charge in [0.15, 0.2) is 0 Å². The monoisotopic (exact) mass is 322 g/mol. The minimum Gasteiger partial charge on any atom is -0.387 e. The molecule has 3 rings (SSSR count). The van der Waals surface area contributed by atoms with E-state index in [1.54, 1.807) is 18.3 Å². The van der Waals surface area contributed by atoms with E-state index in [9.17, 15) is 5.11 Å². The first-order valence-electron chi connectivity index (χ1n) is 8.14. The van der Waals surface area contributed by atoms with Crippen LogP contribution in [-0.4, -0.2) is 47.3 Å². The van der Waals surface area contributed by atoms with Crippen LogP contribution in [-0.2, 0) is 6.54 Å². The van der Waals surface area contributed by atoms with Gasteiger partial charge in [-0.25, -0.2) is 4.98 Å². The van der Waals surface area contributed by atoms with Gasteiger partial charge in [0.05, 0.1) is 17.2 Å². The Morgan fingerprint density at radius 2 is 2.12 bits per heavy atom. The van der Waals surface area contributed by atoms with Crippen molar-refractivity contribution in [1.82, 2.24) is 9.88 Å². The fraction of sp³-hybridized carbons (Fsp3) is 0.368. The third kappa shape index (κ3) is 3.91. The van der Waals surface area contributed by atoms with Crippen LogP contribution in [0, 0.1) is 11.3 Å². The van der Waals surface area contributed by atoms with Gasteiger partial charge in [0.2, 0.25) is 0 Å². The number of likely N-dealkylation sites (N-methyl/N-ethyl adjacent to an activating group) is 1. The molecule has 0 spiro atoms. The number of hydrogen-bond acceptors (Lipinski definition) is 5. The number of nitriles is 1. The largest absolute Gasteiger partial charge is 0.387 e. The fourth-order valence-electron chi connectivity index (χ4n) is 3.27. The zero-order valence-electron chi connectivity index (χ0n) is 13.9. The Morgan fingerprint density at radius 3 is 2.88 bits per heavy atom. The zero-order valence-corrected chi connectivity index (χ0v) is 13.9. The molecule has 1 aromatic carbocycles. The Balaban J connectivity index is 1.61. The smallest absolute Gasteiger partial charge is 0.129 e. The molecule has 1 saturated heterocycles. The highest BCUT2D eigenvalue weighted by molar-refractivity contribution is 5.44. The number of nitrogens with zero attached hydrogens (tertiary/aromatic N) is 4. The van der Waals surface area contributed by atoms with Crippen molar-refractivity contribution in [1.29, 1.82) is 5.26 Å². The Bertz CT molecular complexity index is 728. The van der Waals surface area contributed by atoms with Crippen molar-refractivity contribution in [2.75, 3.05) is 31.6 Å². The van der Waals surface area contributed by atoms with Crippen LogP contribution in [0.15, 0.2) is 48.7 Å².